The Labute approximate surface area is 114 Å². The third-order valence-electron chi connectivity index (χ3n) is 4.06. The van der Waals surface area contributed by atoms with Crippen molar-refractivity contribution < 1.29 is 0 Å². The minimum absolute atomic E-state index is 0.360. The first kappa shape index (κ1) is 12.4. The van der Waals surface area contributed by atoms with E-state index < -0.39 is 0 Å². The van der Waals surface area contributed by atoms with Crippen molar-refractivity contribution in [3.63, 3.8) is 0 Å². The molecule has 0 saturated carbocycles. The average Bonchev–Trinajstić information content (AvgIpc) is 2.83. The molecule has 1 heterocycles. The molecule has 0 radical (unpaired) electrons. The fourth-order valence-corrected chi connectivity index (χ4v) is 3.04. The number of hydrogen-bond acceptors (Lipinski definition) is 2. The van der Waals surface area contributed by atoms with Gasteiger partial charge in [-0.2, -0.15) is 0 Å². The second-order valence-electron chi connectivity index (χ2n) is 5.38. The van der Waals surface area contributed by atoms with Gasteiger partial charge >= 0.3 is 0 Å². The van der Waals surface area contributed by atoms with E-state index >= 15 is 0 Å². The van der Waals surface area contributed by atoms with Crippen molar-refractivity contribution in [3.05, 3.63) is 65.0 Å². The van der Waals surface area contributed by atoms with E-state index in [1.165, 1.54) is 22.4 Å². The number of rotatable bonds is 3. The van der Waals surface area contributed by atoms with E-state index in [0.29, 0.717) is 12.1 Å². The Balaban J connectivity index is 1.78. The summed E-state index contributed by atoms with van der Waals surface area (Å²) in [7, 11) is 0. The maximum absolute atomic E-state index is 4.55. The number of benzene rings is 1. The highest BCUT2D eigenvalue weighted by Gasteiger charge is 2.25. The zero-order valence-corrected chi connectivity index (χ0v) is 11.6. The van der Waals surface area contributed by atoms with E-state index in [1.54, 1.807) is 0 Å². The predicted molar refractivity (Wildman–Crippen MR) is 78.0 cm³/mol. The van der Waals surface area contributed by atoms with Crippen molar-refractivity contribution in [2.24, 2.45) is 0 Å². The molecule has 0 fully saturated rings. The van der Waals surface area contributed by atoms with Crippen molar-refractivity contribution in [2.45, 2.75) is 38.8 Å². The van der Waals surface area contributed by atoms with Crippen LogP contribution in [0.4, 0.5) is 0 Å². The fraction of sp³-hybridized carbons (Fsp3) is 0.353. The first-order valence-electron chi connectivity index (χ1n) is 7.01. The molecule has 1 aromatic heterocycles. The number of aromatic nitrogens is 1. The number of fused-ring (bicyclic) bond motifs is 1. The van der Waals surface area contributed by atoms with Crippen LogP contribution in [0.25, 0.3) is 0 Å². The van der Waals surface area contributed by atoms with E-state index in [4.69, 9.17) is 0 Å². The maximum atomic E-state index is 4.55. The molecule has 1 unspecified atom stereocenters. The standard InChI is InChI=1S/C17H20N2/c1-12-6-3-4-8-15(12)13(2)19-16-10-9-14-7-5-11-18-17(14)16/h3-8,11,13,16,19H,9-10H2,1-2H3/t13-,16?/m1/s1. The molecule has 0 bridgehead atoms. The lowest BCUT2D eigenvalue weighted by atomic mass is 10.0. The smallest absolute Gasteiger partial charge is 0.0605 e. The summed E-state index contributed by atoms with van der Waals surface area (Å²) < 4.78 is 0. The number of nitrogens with one attached hydrogen (secondary N) is 1. The van der Waals surface area contributed by atoms with Crippen molar-refractivity contribution >= 4 is 0 Å². The summed E-state index contributed by atoms with van der Waals surface area (Å²) in [6.07, 6.45) is 4.20. The van der Waals surface area contributed by atoms with Gasteiger partial charge in [0.2, 0.25) is 0 Å². The van der Waals surface area contributed by atoms with Gasteiger partial charge in [0.15, 0.2) is 0 Å². The minimum Gasteiger partial charge on any atom is -0.302 e. The third-order valence-corrected chi connectivity index (χ3v) is 4.06. The van der Waals surface area contributed by atoms with Crippen molar-refractivity contribution in [3.8, 4) is 0 Å². The second-order valence-corrected chi connectivity index (χ2v) is 5.38. The lowest BCUT2D eigenvalue weighted by molar-refractivity contribution is 0.457. The van der Waals surface area contributed by atoms with Gasteiger partial charge in [-0.25, -0.2) is 0 Å². The van der Waals surface area contributed by atoms with Crippen LogP contribution in [-0.4, -0.2) is 4.98 Å². The summed E-state index contributed by atoms with van der Waals surface area (Å²) in [6, 6.07) is 13.6. The maximum Gasteiger partial charge on any atom is 0.0605 e. The zero-order chi connectivity index (χ0) is 13.2. The molecule has 1 aromatic carbocycles. The number of nitrogens with zero attached hydrogens (tertiary/aromatic N) is 1. The lowest BCUT2D eigenvalue weighted by Crippen LogP contribution is -2.24. The Bertz CT molecular complexity index is 577. The molecule has 0 saturated heterocycles. The minimum atomic E-state index is 0.360. The van der Waals surface area contributed by atoms with Gasteiger partial charge in [0.05, 0.1) is 11.7 Å². The highest BCUT2D eigenvalue weighted by atomic mass is 15.0. The van der Waals surface area contributed by atoms with Gasteiger partial charge in [-0.15, -0.1) is 0 Å². The molecule has 2 heteroatoms. The van der Waals surface area contributed by atoms with Crippen LogP contribution >= 0.6 is 0 Å². The second kappa shape index (κ2) is 5.14. The predicted octanol–water partition coefficient (Wildman–Crippen LogP) is 3.73. The van der Waals surface area contributed by atoms with Crippen LogP contribution in [0.1, 0.15) is 47.8 Å². The highest BCUT2D eigenvalue weighted by Crippen LogP contribution is 2.31. The summed E-state index contributed by atoms with van der Waals surface area (Å²) in [5.74, 6) is 0. The molecule has 0 amide bonds. The van der Waals surface area contributed by atoms with Gasteiger partial charge in [-0.3, -0.25) is 4.98 Å². The van der Waals surface area contributed by atoms with Crippen LogP contribution in [0.3, 0.4) is 0 Å². The summed E-state index contributed by atoms with van der Waals surface area (Å²) in [6.45, 7) is 4.41. The lowest BCUT2D eigenvalue weighted by Gasteiger charge is -2.21. The topological polar surface area (TPSA) is 24.9 Å². The number of aryl methyl sites for hydroxylation is 2. The Morgan fingerprint density at radius 3 is 2.89 bits per heavy atom. The van der Waals surface area contributed by atoms with Crippen LogP contribution in [-0.2, 0) is 6.42 Å². The molecule has 2 nitrogen and oxygen atoms in total. The normalized spacial score (nSPS) is 19.2. The van der Waals surface area contributed by atoms with E-state index in [0.717, 1.165) is 12.8 Å². The van der Waals surface area contributed by atoms with Gasteiger partial charge in [-0.1, -0.05) is 30.3 Å². The van der Waals surface area contributed by atoms with E-state index in [9.17, 15) is 0 Å². The van der Waals surface area contributed by atoms with Gasteiger partial charge in [0, 0.05) is 12.2 Å². The first-order valence-corrected chi connectivity index (χ1v) is 7.01. The molecule has 0 spiro atoms. The fourth-order valence-electron chi connectivity index (χ4n) is 3.04. The van der Waals surface area contributed by atoms with E-state index in [2.05, 4.69) is 54.5 Å². The highest BCUT2D eigenvalue weighted by molar-refractivity contribution is 5.31. The Morgan fingerprint density at radius 1 is 1.21 bits per heavy atom. The molecule has 0 aliphatic heterocycles. The molecular formula is C17H20N2. The monoisotopic (exact) mass is 252 g/mol. The molecule has 19 heavy (non-hydrogen) atoms. The molecule has 2 aromatic rings. The molecule has 1 aliphatic rings. The van der Waals surface area contributed by atoms with Crippen LogP contribution in [0.5, 0.6) is 0 Å². The van der Waals surface area contributed by atoms with Gasteiger partial charge in [0.25, 0.3) is 0 Å². The summed E-state index contributed by atoms with van der Waals surface area (Å²) in [5, 5.41) is 3.73. The van der Waals surface area contributed by atoms with Crippen LogP contribution in [0, 0.1) is 6.92 Å². The quantitative estimate of drug-likeness (QED) is 0.900. The van der Waals surface area contributed by atoms with Crippen molar-refractivity contribution in [1.29, 1.82) is 0 Å². The third kappa shape index (κ3) is 2.41. The molecule has 98 valence electrons. The molecule has 1 aliphatic carbocycles. The molecular weight excluding hydrogens is 232 g/mol. The van der Waals surface area contributed by atoms with Crippen LogP contribution in [0.15, 0.2) is 42.6 Å². The van der Waals surface area contributed by atoms with Gasteiger partial charge < -0.3 is 5.32 Å². The SMILES string of the molecule is Cc1ccccc1[C@@H](C)NC1CCc2cccnc21. The summed E-state index contributed by atoms with van der Waals surface area (Å²) >= 11 is 0. The van der Waals surface area contributed by atoms with Crippen molar-refractivity contribution in [1.82, 2.24) is 10.3 Å². The Kier molecular flexibility index (Phi) is 3.34. The molecule has 3 rings (SSSR count). The zero-order valence-electron chi connectivity index (χ0n) is 11.6. The van der Waals surface area contributed by atoms with Crippen LogP contribution in [0.2, 0.25) is 0 Å². The van der Waals surface area contributed by atoms with Crippen molar-refractivity contribution in [2.75, 3.05) is 0 Å². The largest absolute Gasteiger partial charge is 0.302 e. The average molecular weight is 252 g/mol. The Hall–Kier alpha value is -1.67. The van der Waals surface area contributed by atoms with Gasteiger partial charge in [0.1, 0.15) is 0 Å². The number of pyridine rings is 1. The van der Waals surface area contributed by atoms with Gasteiger partial charge in [-0.05, 0) is 49.4 Å². The van der Waals surface area contributed by atoms with E-state index in [-0.39, 0.29) is 0 Å². The summed E-state index contributed by atoms with van der Waals surface area (Å²) in [4.78, 5) is 4.55. The van der Waals surface area contributed by atoms with Crippen LogP contribution < -0.4 is 5.32 Å². The Morgan fingerprint density at radius 2 is 2.05 bits per heavy atom. The molecule has 2 atom stereocenters. The summed E-state index contributed by atoms with van der Waals surface area (Å²) in [5.41, 5.74) is 5.37. The first-order chi connectivity index (χ1) is 9.25. The number of hydrogen-bond donors (Lipinski definition) is 1. The van der Waals surface area contributed by atoms with E-state index in [1.807, 2.05) is 12.3 Å². The molecule has 1 N–H and O–H groups in total.